The Bertz CT molecular complexity index is 1610. The molecule has 3 heterocycles. The van der Waals surface area contributed by atoms with Crippen LogP contribution in [0.1, 0.15) is 40.0 Å². The van der Waals surface area contributed by atoms with Gasteiger partial charge in [0.15, 0.2) is 5.78 Å². The second-order valence-electron chi connectivity index (χ2n) is 10.9. The molecule has 2 aliphatic rings. The molecule has 0 spiro atoms. The van der Waals surface area contributed by atoms with Crippen molar-refractivity contribution in [1.82, 2.24) is 30.5 Å². The van der Waals surface area contributed by atoms with Gasteiger partial charge in [-0.15, -0.1) is 0 Å². The zero-order chi connectivity index (χ0) is 29.2. The maximum atomic E-state index is 12.8. The number of ether oxygens (including phenoxy) is 2. The molecule has 0 bridgehead atoms. The topological polar surface area (TPSA) is 134 Å². The third kappa shape index (κ3) is 5.65. The van der Waals surface area contributed by atoms with Crippen LogP contribution in [0.15, 0.2) is 48.7 Å². The first kappa shape index (κ1) is 27.7. The van der Waals surface area contributed by atoms with E-state index in [9.17, 15) is 9.59 Å². The summed E-state index contributed by atoms with van der Waals surface area (Å²) >= 11 is 0. The minimum absolute atomic E-state index is 0.00512. The molecule has 1 aliphatic heterocycles. The monoisotopic (exact) mass is 569 g/mol. The summed E-state index contributed by atoms with van der Waals surface area (Å²) in [5.74, 6) is 1.20. The number of anilines is 2. The number of methoxy groups -OCH3 is 1. The van der Waals surface area contributed by atoms with Gasteiger partial charge in [0.2, 0.25) is 11.8 Å². The van der Waals surface area contributed by atoms with Crippen LogP contribution in [0.4, 0.5) is 11.6 Å². The lowest BCUT2D eigenvalue weighted by Gasteiger charge is -2.36. The van der Waals surface area contributed by atoms with E-state index in [-0.39, 0.29) is 24.3 Å². The van der Waals surface area contributed by atoms with Gasteiger partial charge in [-0.1, -0.05) is 12.1 Å². The van der Waals surface area contributed by atoms with Crippen LogP contribution >= 0.6 is 0 Å². The van der Waals surface area contributed by atoms with E-state index in [4.69, 9.17) is 19.4 Å². The highest BCUT2D eigenvalue weighted by Crippen LogP contribution is 2.38. The number of fused-ring (bicyclic) bond motifs is 1. The number of carbonyl (C=O) groups excluding carboxylic acids is 2. The summed E-state index contributed by atoms with van der Waals surface area (Å²) in [5.41, 5.74) is 4.20. The van der Waals surface area contributed by atoms with Gasteiger partial charge in [-0.25, -0.2) is 0 Å². The van der Waals surface area contributed by atoms with Crippen molar-refractivity contribution in [2.45, 2.75) is 31.4 Å². The number of amides is 1. The second kappa shape index (κ2) is 11.8. The maximum absolute atomic E-state index is 12.8. The summed E-state index contributed by atoms with van der Waals surface area (Å²) in [6, 6.07) is 13.1. The van der Waals surface area contributed by atoms with Crippen molar-refractivity contribution in [3.8, 4) is 22.8 Å². The van der Waals surface area contributed by atoms with E-state index in [0.29, 0.717) is 46.1 Å². The largest absolute Gasteiger partial charge is 0.495 e. The predicted octanol–water partition coefficient (Wildman–Crippen LogP) is 3.75. The van der Waals surface area contributed by atoms with Crippen molar-refractivity contribution in [1.29, 1.82) is 0 Å². The first-order valence-electron chi connectivity index (χ1n) is 14.2. The fraction of sp³-hybridized carbons (Fsp3) is 0.355. The van der Waals surface area contributed by atoms with Crippen LogP contribution in [-0.4, -0.2) is 84.5 Å². The predicted molar refractivity (Wildman–Crippen MR) is 161 cm³/mol. The van der Waals surface area contributed by atoms with Gasteiger partial charge in [0.1, 0.15) is 17.5 Å². The molecule has 218 valence electrons. The standard InChI is InChI=1S/C31H35N7O4/c1-32-29(40)19-9-7-18(8-10-19)23-14-34-28-27(23)30(42-22-5-4-6-22)37-31(36-28)35-24-12-11-20(13-26(24)41-3)25(39)15-33-21-16-38(2)17-21/h7-14,21-22,33H,4-6,15-17H2,1-3H3,(H,32,40)(H2,34,35,36,37). The molecule has 42 heavy (non-hydrogen) atoms. The average molecular weight is 570 g/mol. The molecule has 2 fully saturated rings. The number of benzene rings is 2. The van der Waals surface area contributed by atoms with Gasteiger partial charge in [0.05, 0.1) is 24.7 Å². The number of carbonyl (C=O) groups is 2. The minimum Gasteiger partial charge on any atom is -0.495 e. The number of aromatic amines is 1. The van der Waals surface area contributed by atoms with Gasteiger partial charge in [-0.3, -0.25) is 9.59 Å². The maximum Gasteiger partial charge on any atom is 0.251 e. The quantitative estimate of drug-likeness (QED) is 0.199. The number of hydrogen-bond donors (Lipinski definition) is 4. The molecule has 4 aromatic rings. The van der Waals surface area contributed by atoms with Crippen LogP contribution in [0.5, 0.6) is 11.6 Å². The van der Waals surface area contributed by atoms with Crippen LogP contribution in [0, 0.1) is 0 Å². The molecule has 6 rings (SSSR count). The average Bonchev–Trinajstić information content (AvgIpc) is 3.40. The summed E-state index contributed by atoms with van der Waals surface area (Å²) in [4.78, 5) is 39.8. The Morgan fingerprint density at radius 3 is 2.50 bits per heavy atom. The lowest BCUT2D eigenvalue weighted by molar-refractivity contribution is 0.0955. The summed E-state index contributed by atoms with van der Waals surface area (Å²) in [6.07, 6.45) is 5.06. The number of likely N-dealkylation sites (N-methyl/N-ethyl adjacent to an activating group) is 1. The lowest BCUT2D eigenvalue weighted by atomic mass is 9.96. The zero-order valence-corrected chi connectivity index (χ0v) is 24.0. The highest BCUT2D eigenvalue weighted by Gasteiger charge is 2.25. The van der Waals surface area contributed by atoms with Gasteiger partial charge >= 0.3 is 0 Å². The van der Waals surface area contributed by atoms with Crippen molar-refractivity contribution in [3.05, 3.63) is 59.8 Å². The van der Waals surface area contributed by atoms with Crippen LogP contribution < -0.4 is 25.4 Å². The van der Waals surface area contributed by atoms with Crippen molar-refractivity contribution in [2.24, 2.45) is 0 Å². The fourth-order valence-corrected chi connectivity index (χ4v) is 5.22. The molecule has 0 atom stereocenters. The molecule has 4 N–H and O–H groups in total. The van der Waals surface area contributed by atoms with Crippen LogP contribution in [0.3, 0.4) is 0 Å². The number of hydrogen-bond acceptors (Lipinski definition) is 9. The Morgan fingerprint density at radius 2 is 1.83 bits per heavy atom. The van der Waals surface area contributed by atoms with E-state index >= 15 is 0 Å². The van der Waals surface area contributed by atoms with Crippen molar-refractivity contribution < 1.29 is 19.1 Å². The van der Waals surface area contributed by atoms with Gasteiger partial charge in [0.25, 0.3) is 5.91 Å². The van der Waals surface area contributed by atoms with E-state index < -0.39 is 0 Å². The number of nitrogens with one attached hydrogen (secondary N) is 4. The molecular weight excluding hydrogens is 534 g/mol. The summed E-state index contributed by atoms with van der Waals surface area (Å²) in [5, 5.41) is 9.99. The van der Waals surface area contributed by atoms with Gasteiger partial charge < -0.3 is 35.3 Å². The second-order valence-corrected chi connectivity index (χ2v) is 10.9. The van der Waals surface area contributed by atoms with E-state index in [0.717, 1.165) is 48.9 Å². The molecule has 1 amide bonds. The number of nitrogens with zero attached hydrogens (tertiary/aromatic N) is 3. The third-order valence-corrected chi connectivity index (χ3v) is 7.90. The molecule has 11 heteroatoms. The van der Waals surface area contributed by atoms with Crippen molar-refractivity contribution in [3.63, 3.8) is 0 Å². The molecule has 0 unspecified atom stereocenters. The van der Waals surface area contributed by atoms with Crippen molar-refractivity contribution in [2.75, 3.05) is 46.2 Å². The molecule has 2 aromatic carbocycles. The summed E-state index contributed by atoms with van der Waals surface area (Å²) in [7, 11) is 5.24. The molecule has 11 nitrogen and oxygen atoms in total. The van der Waals surface area contributed by atoms with Crippen LogP contribution in [0.25, 0.3) is 22.2 Å². The third-order valence-electron chi connectivity index (χ3n) is 7.90. The zero-order valence-electron chi connectivity index (χ0n) is 24.0. The van der Waals surface area contributed by atoms with E-state index in [2.05, 4.69) is 32.9 Å². The number of aromatic nitrogens is 3. The molecule has 1 saturated heterocycles. The Kier molecular flexibility index (Phi) is 7.77. The smallest absolute Gasteiger partial charge is 0.251 e. The van der Waals surface area contributed by atoms with E-state index in [1.165, 1.54) is 0 Å². The number of Topliss-reactive ketones (excluding diaryl/α,β-unsaturated/α-hetero) is 1. The molecule has 1 aliphatic carbocycles. The highest BCUT2D eigenvalue weighted by atomic mass is 16.5. The van der Waals surface area contributed by atoms with Gasteiger partial charge in [0, 0.05) is 49.1 Å². The first-order chi connectivity index (χ1) is 20.4. The Labute approximate surface area is 244 Å². The Balaban J connectivity index is 1.27. The van der Waals surface area contributed by atoms with Gasteiger partial charge in [-0.2, -0.15) is 9.97 Å². The molecular formula is C31H35N7O4. The number of ketones is 1. The number of likely N-dealkylation sites (tertiary alicyclic amines) is 1. The Morgan fingerprint density at radius 1 is 1.07 bits per heavy atom. The minimum atomic E-state index is -0.139. The van der Waals surface area contributed by atoms with Crippen LogP contribution in [0.2, 0.25) is 0 Å². The van der Waals surface area contributed by atoms with Crippen LogP contribution in [-0.2, 0) is 0 Å². The van der Waals surface area contributed by atoms with Gasteiger partial charge in [-0.05, 0) is 62.2 Å². The summed E-state index contributed by atoms with van der Waals surface area (Å²) < 4.78 is 12.0. The lowest BCUT2D eigenvalue weighted by Crippen LogP contribution is -2.56. The Hall–Kier alpha value is -4.48. The SMILES string of the molecule is CNC(=O)c1ccc(-c2c[nH]c3nc(Nc4ccc(C(=O)CNC5CN(C)C5)cc4OC)nc(OC4CCC4)c23)cc1. The first-order valence-corrected chi connectivity index (χ1v) is 14.2. The molecule has 0 radical (unpaired) electrons. The normalized spacial score (nSPS) is 15.6. The molecule has 1 saturated carbocycles. The van der Waals surface area contributed by atoms with Crippen molar-refractivity contribution >= 4 is 34.4 Å². The molecule has 2 aromatic heterocycles. The number of H-pyrrole nitrogens is 1. The van der Waals surface area contributed by atoms with E-state index in [1.807, 2.05) is 18.3 Å². The summed E-state index contributed by atoms with van der Waals surface area (Å²) in [6.45, 7) is 2.17. The van der Waals surface area contributed by atoms with E-state index in [1.54, 1.807) is 44.5 Å². The highest BCUT2D eigenvalue weighted by molar-refractivity contribution is 6.00. The fourth-order valence-electron chi connectivity index (χ4n) is 5.22. The number of rotatable bonds is 11.